The Balaban J connectivity index is 1.51. The van der Waals surface area contributed by atoms with Crippen LogP contribution in [0.1, 0.15) is 11.1 Å². The molecule has 4 nitrogen and oxygen atoms in total. The number of hydrogen-bond donors (Lipinski definition) is 3. The molecule has 5 rings (SSSR count). The van der Waals surface area contributed by atoms with Crippen LogP contribution in [-0.2, 0) is 6.61 Å². The molecule has 0 fully saturated rings. The van der Waals surface area contributed by atoms with Crippen LogP contribution in [0.3, 0.4) is 0 Å². The lowest BCUT2D eigenvalue weighted by Gasteiger charge is -2.29. The average molecular weight is 373 g/mol. The number of nitrogens with zero attached hydrogens (tertiary/aromatic N) is 1. The Morgan fingerprint density at radius 3 is 2.89 bits per heavy atom. The van der Waals surface area contributed by atoms with Crippen LogP contribution in [0.4, 0.5) is 5.69 Å². The molecule has 0 saturated heterocycles. The molecule has 0 spiro atoms. The van der Waals surface area contributed by atoms with Gasteiger partial charge in [-0.1, -0.05) is 30.3 Å². The molecule has 2 aromatic carbocycles. The van der Waals surface area contributed by atoms with Crippen molar-refractivity contribution in [3.8, 4) is 0 Å². The van der Waals surface area contributed by atoms with Crippen LogP contribution >= 0.6 is 11.8 Å². The summed E-state index contributed by atoms with van der Waals surface area (Å²) >= 11 is 1.86. The van der Waals surface area contributed by atoms with E-state index in [2.05, 4.69) is 70.2 Å². The fourth-order valence-electron chi connectivity index (χ4n) is 3.50. The van der Waals surface area contributed by atoms with Crippen molar-refractivity contribution in [3.63, 3.8) is 0 Å². The second-order valence-electron chi connectivity index (χ2n) is 6.57. The summed E-state index contributed by atoms with van der Waals surface area (Å²) in [4.78, 5) is 4.48. The summed E-state index contributed by atoms with van der Waals surface area (Å²) in [7, 11) is 0. The molecule has 27 heavy (non-hydrogen) atoms. The molecule has 3 heterocycles. The molecule has 0 aliphatic carbocycles. The Kier molecular flexibility index (Phi) is 4.03. The van der Waals surface area contributed by atoms with Crippen molar-refractivity contribution in [3.05, 3.63) is 94.8 Å². The van der Waals surface area contributed by atoms with Gasteiger partial charge in [-0.15, -0.1) is 11.8 Å². The lowest BCUT2D eigenvalue weighted by molar-refractivity contribution is 0.283. The third kappa shape index (κ3) is 2.95. The van der Waals surface area contributed by atoms with Crippen LogP contribution in [0.25, 0.3) is 16.5 Å². The largest absolute Gasteiger partial charge is 0.392 e. The van der Waals surface area contributed by atoms with Gasteiger partial charge in [-0.3, -0.25) is 10.4 Å². The zero-order valence-electron chi connectivity index (χ0n) is 14.6. The number of allylic oxidation sites excluding steroid dienone is 2. The van der Waals surface area contributed by atoms with Gasteiger partial charge in [0, 0.05) is 45.1 Å². The third-order valence-electron chi connectivity index (χ3n) is 4.88. The average Bonchev–Trinajstić information content (AvgIpc) is 3.35. The molecule has 3 N–H and O–H groups in total. The van der Waals surface area contributed by atoms with Gasteiger partial charge < -0.3 is 10.1 Å². The molecular formula is C22H19N3OS. The zero-order chi connectivity index (χ0) is 18.2. The van der Waals surface area contributed by atoms with E-state index in [1.807, 2.05) is 30.1 Å². The summed E-state index contributed by atoms with van der Waals surface area (Å²) in [5, 5.41) is 12.7. The fourth-order valence-corrected chi connectivity index (χ4v) is 4.46. The molecule has 5 heteroatoms. The van der Waals surface area contributed by atoms with E-state index in [1.165, 1.54) is 21.7 Å². The van der Waals surface area contributed by atoms with E-state index in [1.54, 1.807) is 0 Å². The summed E-state index contributed by atoms with van der Waals surface area (Å²) in [6.45, 7) is 0.0277. The van der Waals surface area contributed by atoms with E-state index < -0.39 is 0 Å². The summed E-state index contributed by atoms with van der Waals surface area (Å²) in [5.41, 5.74) is 10.0. The van der Waals surface area contributed by atoms with Crippen LogP contribution in [0, 0.1) is 0 Å². The molecule has 0 atom stereocenters. The smallest absolute Gasteiger partial charge is 0.0728 e. The second kappa shape index (κ2) is 6.68. The van der Waals surface area contributed by atoms with Gasteiger partial charge in [0.15, 0.2) is 0 Å². The Hall–Kier alpha value is -2.89. The van der Waals surface area contributed by atoms with Crippen LogP contribution in [0.15, 0.2) is 83.7 Å². The molecule has 3 aromatic rings. The lowest BCUT2D eigenvalue weighted by Crippen LogP contribution is -2.25. The third-order valence-corrected chi connectivity index (χ3v) is 5.85. The van der Waals surface area contributed by atoms with E-state index in [-0.39, 0.29) is 6.61 Å². The van der Waals surface area contributed by atoms with Gasteiger partial charge in [0.05, 0.1) is 18.0 Å². The van der Waals surface area contributed by atoms with Gasteiger partial charge in [-0.25, -0.2) is 0 Å². The van der Waals surface area contributed by atoms with Crippen LogP contribution in [0.2, 0.25) is 0 Å². The summed E-state index contributed by atoms with van der Waals surface area (Å²) in [5.74, 6) is 0.987. The molecule has 2 aliphatic rings. The van der Waals surface area contributed by atoms with Crippen LogP contribution in [-0.4, -0.2) is 20.9 Å². The predicted molar refractivity (Wildman–Crippen MR) is 113 cm³/mol. The fraction of sp³-hybridized carbons (Fsp3) is 0.0909. The first-order valence-corrected chi connectivity index (χ1v) is 9.89. The van der Waals surface area contributed by atoms with Crippen LogP contribution in [0.5, 0.6) is 0 Å². The second-order valence-corrected chi connectivity index (χ2v) is 7.64. The Labute approximate surface area is 161 Å². The number of fused-ring (bicyclic) bond motifs is 2. The molecule has 2 aliphatic heterocycles. The first-order chi connectivity index (χ1) is 13.3. The van der Waals surface area contributed by atoms with E-state index in [4.69, 9.17) is 0 Å². The Bertz CT molecular complexity index is 1100. The highest BCUT2D eigenvalue weighted by Crippen LogP contribution is 2.40. The van der Waals surface area contributed by atoms with Crippen molar-refractivity contribution >= 4 is 33.9 Å². The molecule has 1 aromatic heterocycles. The number of H-pyrrole nitrogens is 1. The number of aliphatic hydroxyl groups is 1. The number of thioether (sulfide) groups is 1. The van der Waals surface area contributed by atoms with Crippen molar-refractivity contribution in [1.29, 1.82) is 0 Å². The molecule has 0 saturated carbocycles. The SMILES string of the molecule is OCc1c[nH]c2ccc(NN3C=C(c4ccccc4)C=C4SCC=C43)cc12. The summed E-state index contributed by atoms with van der Waals surface area (Å²) in [6.07, 6.45) is 8.51. The minimum Gasteiger partial charge on any atom is -0.392 e. The van der Waals surface area contributed by atoms with Crippen molar-refractivity contribution in [2.45, 2.75) is 6.61 Å². The minimum atomic E-state index is 0.0277. The quantitative estimate of drug-likeness (QED) is 0.611. The molecular weight excluding hydrogens is 354 g/mol. The number of aromatic amines is 1. The molecule has 134 valence electrons. The normalized spacial score (nSPS) is 16.0. The van der Waals surface area contributed by atoms with Crippen molar-refractivity contribution in [2.75, 3.05) is 11.2 Å². The lowest BCUT2D eigenvalue weighted by atomic mass is 10.0. The monoisotopic (exact) mass is 373 g/mol. The standard InChI is InChI=1S/C22H19N3OS/c26-14-17-12-23-20-7-6-18(11-19(17)20)24-25-13-16(15-4-2-1-3-5-15)10-22-21(25)8-9-27-22/h1-8,10-13,23-24,26H,9,14H2. The number of nitrogens with one attached hydrogen (secondary N) is 2. The van der Waals surface area contributed by atoms with Gasteiger partial charge >= 0.3 is 0 Å². The maximum absolute atomic E-state index is 9.54. The molecule has 0 bridgehead atoms. The number of aromatic nitrogens is 1. The zero-order valence-corrected chi connectivity index (χ0v) is 15.5. The first-order valence-electron chi connectivity index (χ1n) is 8.91. The highest BCUT2D eigenvalue weighted by Gasteiger charge is 2.23. The number of rotatable bonds is 4. The summed E-state index contributed by atoms with van der Waals surface area (Å²) in [6, 6.07) is 16.6. The first kappa shape index (κ1) is 16.3. The summed E-state index contributed by atoms with van der Waals surface area (Å²) < 4.78 is 0. The Morgan fingerprint density at radius 1 is 1.15 bits per heavy atom. The van der Waals surface area contributed by atoms with E-state index in [0.717, 1.165) is 27.9 Å². The van der Waals surface area contributed by atoms with Crippen molar-refractivity contribution in [2.24, 2.45) is 0 Å². The Morgan fingerprint density at radius 2 is 2.04 bits per heavy atom. The number of hydrazine groups is 1. The number of benzene rings is 2. The number of aliphatic hydroxyl groups excluding tert-OH is 1. The van der Waals surface area contributed by atoms with Gasteiger partial charge in [0.2, 0.25) is 0 Å². The van der Waals surface area contributed by atoms with Gasteiger partial charge in [0.25, 0.3) is 0 Å². The van der Waals surface area contributed by atoms with E-state index in [0.29, 0.717) is 0 Å². The molecule has 0 amide bonds. The van der Waals surface area contributed by atoms with Gasteiger partial charge in [-0.2, -0.15) is 0 Å². The maximum atomic E-state index is 9.54. The number of hydrogen-bond acceptors (Lipinski definition) is 4. The highest BCUT2D eigenvalue weighted by molar-refractivity contribution is 8.03. The minimum absolute atomic E-state index is 0.0277. The maximum Gasteiger partial charge on any atom is 0.0728 e. The van der Waals surface area contributed by atoms with Gasteiger partial charge in [-0.05, 0) is 35.9 Å². The topological polar surface area (TPSA) is 51.3 Å². The van der Waals surface area contributed by atoms with Crippen LogP contribution < -0.4 is 5.43 Å². The molecule has 0 radical (unpaired) electrons. The van der Waals surface area contributed by atoms with Gasteiger partial charge in [0.1, 0.15) is 0 Å². The number of anilines is 1. The van der Waals surface area contributed by atoms with Crippen molar-refractivity contribution < 1.29 is 5.11 Å². The van der Waals surface area contributed by atoms with E-state index in [9.17, 15) is 5.11 Å². The van der Waals surface area contributed by atoms with Crippen molar-refractivity contribution in [1.82, 2.24) is 9.99 Å². The predicted octanol–water partition coefficient (Wildman–Crippen LogP) is 4.86. The van der Waals surface area contributed by atoms with E-state index >= 15 is 0 Å². The molecule has 0 unspecified atom stereocenters. The highest BCUT2D eigenvalue weighted by atomic mass is 32.2.